The van der Waals surface area contributed by atoms with Crippen molar-refractivity contribution in [3.05, 3.63) is 121 Å². The number of nitrogens with zero attached hydrogens (tertiary/aromatic N) is 5. The zero-order chi connectivity index (χ0) is 32.7. The molecule has 0 radical (unpaired) electrons. The SMILES string of the molecule is O=C(Nc1cccc(-c2nc3ccccn3c2-c2ccnc(Nc3ccc(N4CCC5(CCNC5)C4)cc3)n2)c1)c1c(F)cccc1F. The van der Waals surface area contributed by atoms with Crippen molar-refractivity contribution in [2.45, 2.75) is 12.8 Å². The van der Waals surface area contributed by atoms with Crippen LogP contribution in [0.25, 0.3) is 28.3 Å². The van der Waals surface area contributed by atoms with E-state index in [2.05, 4.69) is 50.1 Å². The smallest absolute Gasteiger partial charge is 0.261 e. The summed E-state index contributed by atoms with van der Waals surface area (Å²) in [6, 6.07) is 26.2. The lowest BCUT2D eigenvalue weighted by atomic mass is 9.86. The largest absolute Gasteiger partial charge is 0.371 e. The van der Waals surface area contributed by atoms with E-state index in [4.69, 9.17) is 9.97 Å². The molecule has 3 aromatic carbocycles. The standard InChI is InChI=1S/C37H32F2N8O/c38-28-7-4-8-29(39)32(28)35(48)42-26-6-3-5-24(21-26)33-34(47-19-2-1-9-31(47)45-33)30-14-17-41-36(44-30)43-25-10-12-27(13-11-25)46-20-16-37(23-46)15-18-40-22-37/h1-14,17,19,21,40H,15-16,18,20,22-23H2,(H,42,48)(H,41,43,44). The molecule has 2 aliphatic heterocycles. The average molecular weight is 643 g/mol. The quantitative estimate of drug-likeness (QED) is 0.174. The van der Waals surface area contributed by atoms with Crippen LogP contribution in [-0.2, 0) is 0 Å². The number of carbonyl (C=O) groups is 1. The lowest BCUT2D eigenvalue weighted by molar-refractivity contribution is 0.101. The number of imidazole rings is 1. The summed E-state index contributed by atoms with van der Waals surface area (Å²) in [4.78, 5) is 29.5. The highest BCUT2D eigenvalue weighted by Gasteiger charge is 2.40. The number of hydrogen-bond acceptors (Lipinski definition) is 7. The van der Waals surface area contributed by atoms with E-state index in [1.165, 1.54) is 24.6 Å². The molecule has 8 rings (SSSR count). The highest BCUT2D eigenvalue weighted by Crippen LogP contribution is 2.39. The van der Waals surface area contributed by atoms with Gasteiger partial charge in [0.25, 0.3) is 5.91 Å². The first-order valence-electron chi connectivity index (χ1n) is 15.9. The van der Waals surface area contributed by atoms with Crippen LogP contribution in [0.4, 0.5) is 31.8 Å². The van der Waals surface area contributed by atoms with Crippen molar-refractivity contribution >= 4 is 34.6 Å². The number of aromatic nitrogens is 4. The molecule has 1 unspecified atom stereocenters. The van der Waals surface area contributed by atoms with Crippen LogP contribution in [0.1, 0.15) is 23.2 Å². The Kier molecular flexibility index (Phi) is 7.53. The van der Waals surface area contributed by atoms with Gasteiger partial charge in [0, 0.05) is 60.1 Å². The second kappa shape index (κ2) is 12.2. The van der Waals surface area contributed by atoms with Crippen molar-refractivity contribution < 1.29 is 13.6 Å². The van der Waals surface area contributed by atoms with Gasteiger partial charge in [0.2, 0.25) is 5.95 Å². The zero-order valence-electron chi connectivity index (χ0n) is 26.0. The van der Waals surface area contributed by atoms with Crippen LogP contribution in [0.3, 0.4) is 0 Å². The summed E-state index contributed by atoms with van der Waals surface area (Å²) < 4.78 is 30.5. The first kappa shape index (κ1) is 29.7. The molecule has 0 bridgehead atoms. The lowest BCUT2D eigenvalue weighted by Crippen LogP contribution is -2.29. The fourth-order valence-corrected chi connectivity index (χ4v) is 6.83. The Balaban J connectivity index is 1.07. The molecule has 2 saturated heterocycles. The monoisotopic (exact) mass is 642 g/mol. The molecule has 1 amide bonds. The number of carbonyl (C=O) groups excluding carboxylic acids is 1. The molecule has 2 fully saturated rings. The van der Waals surface area contributed by atoms with Gasteiger partial charge in [-0.1, -0.05) is 24.3 Å². The Hall–Kier alpha value is -5.68. The van der Waals surface area contributed by atoms with E-state index in [1.54, 1.807) is 24.4 Å². The summed E-state index contributed by atoms with van der Waals surface area (Å²) in [5.74, 6) is -2.32. The number of halogens is 2. The van der Waals surface area contributed by atoms with Crippen molar-refractivity contribution in [1.29, 1.82) is 0 Å². The van der Waals surface area contributed by atoms with E-state index < -0.39 is 23.1 Å². The zero-order valence-corrected chi connectivity index (χ0v) is 26.0. The van der Waals surface area contributed by atoms with E-state index >= 15 is 0 Å². The third kappa shape index (κ3) is 5.62. The van der Waals surface area contributed by atoms with Gasteiger partial charge in [-0.05, 0) is 86.1 Å². The van der Waals surface area contributed by atoms with Crippen molar-refractivity contribution in [2.75, 3.05) is 41.7 Å². The summed E-state index contributed by atoms with van der Waals surface area (Å²) in [5.41, 5.74) is 5.56. The predicted octanol–water partition coefficient (Wildman–Crippen LogP) is 6.92. The van der Waals surface area contributed by atoms with Gasteiger partial charge in [-0.2, -0.15) is 0 Å². The van der Waals surface area contributed by atoms with E-state index in [0.29, 0.717) is 39.6 Å². The van der Waals surface area contributed by atoms with E-state index in [9.17, 15) is 13.6 Å². The normalized spacial score (nSPS) is 17.3. The third-order valence-electron chi connectivity index (χ3n) is 9.27. The van der Waals surface area contributed by atoms with Gasteiger partial charge in [0.05, 0.1) is 17.1 Å². The maximum absolute atomic E-state index is 14.3. The molecular formula is C37H32F2N8O. The highest BCUT2D eigenvalue weighted by atomic mass is 19.1. The number of hydrogen-bond donors (Lipinski definition) is 3. The lowest BCUT2D eigenvalue weighted by Gasteiger charge is -2.24. The Morgan fingerprint density at radius 2 is 1.71 bits per heavy atom. The Morgan fingerprint density at radius 3 is 2.52 bits per heavy atom. The Bertz CT molecular complexity index is 2120. The molecule has 5 heterocycles. The van der Waals surface area contributed by atoms with E-state index in [-0.39, 0.29) is 0 Å². The van der Waals surface area contributed by atoms with Gasteiger partial charge in [0.15, 0.2) is 0 Å². The molecule has 0 aliphatic carbocycles. The molecule has 2 aliphatic rings. The molecule has 3 aromatic heterocycles. The van der Waals surface area contributed by atoms with E-state index in [1.807, 2.05) is 40.9 Å². The molecule has 240 valence electrons. The van der Waals surface area contributed by atoms with Gasteiger partial charge in [-0.25, -0.2) is 23.7 Å². The minimum Gasteiger partial charge on any atom is -0.371 e. The molecule has 9 nitrogen and oxygen atoms in total. The van der Waals surface area contributed by atoms with Crippen LogP contribution in [0.2, 0.25) is 0 Å². The van der Waals surface area contributed by atoms with Gasteiger partial charge in [-0.3, -0.25) is 9.20 Å². The van der Waals surface area contributed by atoms with Crippen LogP contribution >= 0.6 is 0 Å². The predicted molar refractivity (Wildman–Crippen MR) is 182 cm³/mol. The molecular weight excluding hydrogens is 610 g/mol. The number of anilines is 4. The minimum absolute atomic E-state index is 0.362. The second-order valence-corrected chi connectivity index (χ2v) is 12.4. The Morgan fingerprint density at radius 1 is 0.875 bits per heavy atom. The molecule has 11 heteroatoms. The summed E-state index contributed by atoms with van der Waals surface area (Å²) in [6.45, 7) is 4.36. The van der Waals surface area contributed by atoms with Crippen LogP contribution < -0.4 is 20.9 Å². The first-order chi connectivity index (χ1) is 23.4. The summed E-state index contributed by atoms with van der Waals surface area (Å²) >= 11 is 0. The Labute approximate surface area is 275 Å². The summed E-state index contributed by atoms with van der Waals surface area (Å²) in [5, 5.41) is 9.49. The molecule has 48 heavy (non-hydrogen) atoms. The van der Waals surface area contributed by atoms with Crippen molar-refractivity contribution in [3.63, 3.8) is 0 Å². The maximum atomic E-state index is 14.3. The van der Waals surface area contributed by atoms with Gasteiger partial charge >= 0.3 is 0 Å². The maximum Gasteiger partial charge on any atom is 0.261 e. The van der Waals surface area contributed by atoms with Crippen molar-refractivity contribution in [1.82, 2.24) is 24.7 Å². The average Bonchev–Trinajstić information content (AvgIpc) is 3.84. The summed E-state index contributed by atoms with van der Waals surface area (Å²) in [6.07, 6.45) is 6.07. The fraction of sp³-hybridized carbons (Fsp3) is 0.189. The number of benzene rings is 3. The van der Waals surface area contributed by atoms with Crippen LogP contribution in [0, 0.1) is 17.0 Å². The second-order valence-electron chi connectivity index (χ2n) is 12.4. The minimum atomic E-state index is -0.933. The van der Waals surface area contributed by atoms with Crippen LogP contribution in [0.15, 0.2) is 103 Å². The van der Waals surface area contributed by atoms with E-state index in [0.717, 1.165) is 49.7 Å². The van der Waals surface area contributed by atoms with Crippen LogP contribution in [0.5, 0.6) is 0 Å². The number of amides is 1. The number of fused-ring (bicyclic) bond motifs is 1. The van der Waals surface area contributed by atoms with Crippen molar-refractivity contribution in [2.24, 2.45) is 5.41 Å². The number of pyridine rings is 1. The van der Waals surface area contributed by atoms with Gasteiger partial charge in [0.1, 0.15) is 22.8 Å². The van der Waals surface area contributed by atoms with Crippen molar-refractivity contribution in [3.8, 4) is 22.6 Å². The topological polar surface area (TPSA) is 99.5 Å². The molecule has 3 N–H and O–H groups in total. The molecule has 6 aromatic rings. The highest BCUT2D eigenvalue weighted by molar-refractivity contribution is 6.05. The van der Waals surface area contributed by atoms with Gasteiger partial charge in [-0.15, -0.1) is 0 Å². The number of nitrogens with one attached hydrogen (secondary N) is 3. The first-order valence-corrected chi connectivity index (χ1v) is 15.9. The molecule has 1 spiro atoms. The molecule has 1 atom stereocenters. The third-order valence-corrected chi connectivity index (χ3v) is 9.27. The van der Waals surface area contributed by atoms with Crippen LogP contribution in [-0.4, -0.2) is 51.4 Å². The fourth-order valence-electron chi connectivity index (χ4n) is 6.83. The summed E-state index contributed by atoms with van der Waals surface area (Å²) in [7, 11) is 0. The van der Waals surface area contributed by atoms with Gasteiger partial charge < -0.3 is 20.9 Å². The molecule has 0 saturated carbocycles. The number of rotatable bonds is 7.